The maximum absolute atomic E-state index is 14.4. The van der Waals surface area contributed by atoms with Gasteiger partial charge in [-0.2, -0.15) is 0 Å². The molecule has 18 nitrogen and oxygen atoms in total. The van der Waals surface area contributed by atoms with Crippen LogP contribution >= 0.6 is 0 Å². The predicted octanol–water partition coefficient (Wildman–Crippen LogP) is 2.00. The fourth-order valence-corrected chi connectivity index (χ4v) is 7.16. The third-order valence-corrected chi connectivity index (χ3v) is 10.5. The zero-order chi connectivity index (χ0) is 45.0. The molecular weight excluding hydrogens is 805 g/mol. The Balaban J connectivity index is 1.27. The topological polar surface area (TPSA) is 278 Å². The number of benzene rings is 3. The van der Waals surface area contributed by atoms with Gasteiger partial charge in [0.05, 0.1) is 12.4 Å². The van der Waals surface area contributed by atoms with E-state index in [9.17, 15) is 28.8 Å². The van der Waals surface area contributed by atoms with Gasteiger partial charge in [-0.1, -0.05) is 80.6 Å². The number of hydrogen-bond acceptors (Lipinski definition) is 8. The van der Waals surface area contributed by atoms with E-state index >= 15 is 0 Å². The Hall–Kier alpha value is -7.47. The van der Waals surface area contributed by atoms with Crippen LogP contribution in [0, 0.1) is 5.92 Å². The van der Waals surface area contributed by atoms with Gasteiger partial charge in [0.2, 0.25) is 23.6 Å². The Kier molecular flexibility index (Phi) is 14.9. The minimum Gasteiger partial charge on any atom is -0.368 e. The summed E-state index contributed by atoms with van der Waals surface area (Å²) in [5.74, 6) is -3.60. The Morgan fingerprint density at radius 1 is 0.635 bits per heavy atom. The molecule has 18 heteroatoms. The first-order valence-electron chi connectivity index (χ1n) is 20.7. The predicted molar refractivity (Wildman–Crippen MR) is 237 cm³/mol. The van der Waals surface area contributed by atoms with Crippen molar-refractivity contribution >= 4 is 57.4 Å². The largest absolute Gasteiger partial charge is 0.368 e. The lowest BCUT2D eigenvalue weighted by molar-refractivity contribution is -0.132. The molecule has 0 unspecified atom stereocenters. The molecular formula is C45H54N12O6. The summed E-state index contributed by atoms with van der Waals surface area (Å²) in [6.07, 6.45) is 6.74. The summed E-state index contributed by atoms with van der Waals surface area (Å²) in [7, 11) is 0. The molecule has 0 spiro atoms. The summed E-state index contributed by atoms with van der Waals surface area (Å²) in [5, 5.41) is 13.7. The molecule has 3 aromatic carbocycles. The molecule has 6 aromatic rings. The molecule has 63 heavy (non-hydrogen) atoms. The van der Waals surface area contributed by atoms with Gasteiger partial charge in [-0.05, 0) is 41.7 Å². The van der Waals surface area contributed by atoms with Crippen LogP contribution in [0.15, 0.2) is 104 Å². The molecule has 3 heterocycles. The van der Waals surface area contributed by atoms with Crippen LogP contribution in [0.4, 0.5) is 4.79 Å². The lowest BCUT2D eigenvalue weighted by Gasteiger charge is -2.30. The molecule has 0 bridgehead atoms. The highest BCUT2D eigenvalue weighted by molar-refractivity contribution is 5.96. The number of nitrogens with one attached hydrogen (secondary N) is 8. The summed E-state index contributed by atoms with van der Waals surface area (Å²) < 4.78 is 0. The first kappa shape index (κ1) is 45.1. The van der Waals surface area contributed by atoms with E-state index in [0.717, 1.165) is 37.9 Å². The molecule has 0 aliphatic rings. The number of carbonyl (C=O) groups excluding carboxylic acids is 6. The first-order valence-corrected chi connectivity index (χ1v) is 20.7. The average Bonchev–Trinajstić information content (AvgIpc) is 4.03. The van der Waals surface area contributed by atoms with E-state index in [4.69, 9.17) is 11.5 Å². The molecule has 3 aromatic heterocycles. The number of para-hydroxylation sites is 2. The molecule has 5 atom stereocenters. The van der Waals surface area contributed by atoms with E-state index in [1.54, 1.807) is 42.9 Å². The highest BCUT2D eigenvalue weighted by Crippen LogP contribution is 2.21. The minimum absolute atomic E-state index is 0.0101. The molecule has 0 saturated heterocycles. The fraction of sp³-hybridized carbons (Fsp3) is 0.311. The number of nitrogens with two attached hydrogens (primary N) is 2. The van der Waals surface area contributed by atoms with Gasteiger partial charge in [-0.3, -0.25) is 29.4 Å². The highest BCUT2D eigenvalue weighted by atomic mass is 16.2. The zero-order valence-electron chi connectivity index (χ0n) is 35.3. The quantitative estimate of drug-likeness (QED) is 0.0537. The van der Waals surface area contributed by atoms with E-state index in [0.29, 0.717) is 11.3 Å². The second-order valence-electron chi connectivity index (χ2n) is 15.9. The number of fused-ring (bicyclic) bond motifs is 2. The first-order chi connectivity index (χ1) is 30.2. The lowest BCUT2D eigenvalue weighted by atomic mass is 10.0. The third-order valence-electron chi connectivity index (χ3n) is 10.5. The van der Waals surface area contributed by atoms with Crippen molar-refractivity contribution < 1.29 is 28.8 Å². The monoisotopic (exact) mass is 858 g/mol. The van der Waals surface area contributed by atoms with E-state index in [-0.39, 0.29) is 38.1 Å². The van der Waals surface area contributed by atoms with Crippen LogP contribution in [-0.2, 0) is 49.7 Å². The van der Waals surface area contributed by atoms with Crippen LogP contribution in [0.2, 0.25) is 0 Å². The van der Waals surface area contributed by atoms with Crippen molar-refractivity contribution in [2.45, 2.75) is 76.7 Å². The van der Waals surface area contributed by atoms with Crippen LogP contribution in [0.3, 0.4) is 0 Å². The molecule has 0 aliphatic carbocycles. The van der Waals surface area contributed by atoms with Crippen molar-refractivity contribution in [2.75, 3.05) is 6.54 Å². The zero-order valence-corrected chi connectivity index (χ0v) is 35.3. The van der Waals surface area contributed by atoms with E-state index < -0.39 is 65.8 Å². The van der Waals surface area contributed by atoms with Crippen molar-refractivity contribution in [3.8, 4) is 0 Å². The summed E-state index contributed by atoms with van der Waals surface area (Å²) in [5.41, 5.74) is 18.9. The van der Waals surface area contributed by atoms with E-state index in [1.165, 1.54) is 13.3 Å². The molecule has 0 radical (unpaired) electrons. The Morgan fingerprint density at radius 2 is 1.17 bits per heavy atom. The normalized spacial score (nSPS) is 13.7. The van der Waals surface area contributed by atoms with Gasteiger partial charge in [0.25, 0.3) is 5.91 Å². The number of urea groups is 1. The molecule has 12 N–H and O–H groups in total. The number of imidazole rings is 1. The second kappa shape index (κ2) is 20.9. The van der Waals surface area contributed by atoms with Gasteiger partial charge in [0.15, 0.2) is 0 Å². The summed E-state index contributed by atoms with van der Waals surface area (Å²) in [4.78, 5) is 95.5. The number of aromatic amines is 3. The van der Waals surface area contributed by atoms with Crippen LogP contribution in [-0.4, -0.2) is 97.3 Å². The van der Waals surface area contributed by atoms with Crippen LogP contribution in [0.1, 0.15) is 43.2 Å². The number of aromatic nitrogens is 4. The SMILES string of the molecule is CC(C)CN(NC(=O)[C@H](Cc1c[nH]c2ccccc12)NC(=O)[C@@H](N)Cc1cnc[nH]1)C(=O)N[C@@H](Cc1c[nH]c2ccccc12)C(=O)N[C@@H](Cc1ccccc1)C(=O)N[C@@H](C)C(N)=O. The summed E-state index contributed by atoms with van der Waals surface area (Å²) >= 11 is 0. The number of H-pyrrole nitrogens is 3. The summed E-state index contributed by atoms with van der Waals surface area (Å²) in [6.45, 7) is 5.14. The summed E-state index contributed by atoms with van der Waals surface area (Å²) in [6, 6.07) is 17.4. The molecule has 6 rings (SSSR count). The Bertz CT molecular complexity index is 2520. The molecule has 0 fully saturated rings. The maximum Gasteiger partial charge on any atom is 0.336 e. The highest BCUT2D eigenvalue weighted by Gasteiger charge is 2.33. The number of rotatable bonds is 19. The van der Waals surface area contributed by atoms with Gasteiger partial charge in [0.1, 0.15) is 24.2 Å². The van der Waals surface area contributed by atoms with Gasteiger partial charge in [-0.15, -0.1) is 0 Å². The van der Waals surface area contributed by atoms with Crippen molar-refractivity contribution in [1.82, 2.24) is 51.6 Å². The van der Waals surface area contributed by atoms with Crippen molar-refractivity contribution in [1.29, 1.82) is 0 Å². The minimum atomic E-state index is -1.29. The van der Waals surface area contributed by atoms with Gasteiger partial charge < -0.3 is 47.7 Å². The lowest BCUT2D eigenvalue weighted by Crippen LogP contribution is -2.62. The van der Waals surface area contributed by atoms with Crippen molar-refractivity contribution in [3.63, 3.8) is 0 Å². The van der Waals surface area contributed by atoms with Crippen LogP contribution < -0.4 is 38.2 Å². The fourth-order valence-electron chi connectivity index (χ4n) is 7.16. The second-order valence-corrected chi connectivity index (χ2v) is 15.9. The van der Waals surface area contributed by atoms with Crippen LogP contribution in [0.25, 0.3) is 21.8 Å². The number of nitrogens with zero attached hydrogens (tertiary/aromatic N) is 2. The smallest absolute Gasteiger partial charge is 0.336 e. The van der Waals surface area contributed by atoms with E-state index in [2.05, 4.69) is 46.6 Å². The van der Waals surface area contributed by atoms with Crippen LogP contribution in [0.5, 0.6) is 0 Å². The average molecular weight is 859 g/mol. The maximum atomic E-state index is 14.4. The number of hydrazine groups is 1. The van der Waals surface area contributed by atoms with Crippen molar-refractivity contribution in [3.05, 3.63) is 126 Å². The number of hydrogen-bond donors (Lipinski definition) is 10. The molecule has 7 amide bonds. The number of primary amides is 1. The van der Waals surface area contributed by atoms with E-state index in [1.807, 2.05) is 68.4 Å². The van der Waals surface area contributed by atoms with Gasteiger partial charge in [0, 0.05) is 78.3 Å². The molecule has 330 valence electrons. The van der Waals surface area contributed by atoms with Gasteiger partial charge in [-0.25, -0.2) is 14.8 Å². The number of amides is 7. The van der Waals surface area contributed by atoms with Crippen molar-refractivity contribution in [2.24, 2.45) is 17.4 Å². The molecule has 0 aliphatic heterocycles. The van der Waals surface area contributed by atoms with Gasteiger partial charge >= 0.3 is 6.03 Å². The Morgan fingerprint density at radius 3 is 1.75 bits per heavy atom. The number of carbonyl (C=O) groups is 6. The Labute approximate surface area is 363 Å². The standard InChI is InChI=1S/C45H54N12O6/c1-26(2)24-57(56-44(62)39(19-30-22-50-36-16-10-8-14-33(30)36)53-41(59)34(46)20-31-23-48-25-51-31)45(63)55-38(18-29-21-49-35-15-9-7-13-32(29)35)43(61)54-37(17-28-11-5-4-6-12-28)42(60)52-27(3)40(47)58/h4-16,21-23,25-27,34,37-39,49-50H,17-20,24,46H2,1-3H3,(H2,47,58)(H,48,51)(H,52,60)(H,53,59)(H,54,61)(H,55,63)(H,56,62)/t27-,34-,37-,38-,39-/m0/s1. The third kappa shape index (κ3) is 12.1. The molecule has 0 saturated carbocycles.